The Labute approximate surface area is 231 Å². The Morgan fingerprint density at radius 2 is 1.63 bits per heavy atom. The molecule has 0 saturated carbocycles. The number of ether oxygens (including phenoxy) is 3. The van der Waals surface area contributed by atoms with E-state index in [-0.39, 0.29) is 28.5 Å². The number of rotatable bonds is 10. The molecule has 2 heterocycles. The molecule has 2 aliphatic rings. The van der Waals surface area contributed by atoms with E-state index in [1.807, 2.05) is 66.4 Å². The summed E-state index contributed by atoms with van der Waals surface area (Å²) in [6.07, 6.45) is 0.342. The van der Waals surface area contributed by atoms with Crippen molar-refractivity contribution >= 4 is 40.3 Å². The van der Waals surface area contributed by atoms with Crippen LogP contribution in [0.1, 0.15) is 12.5 Å². The van der Waals surface area contributed by atoms with Crippen LogP contribution in [-0.4, -0.2) is 58.4 Å². The lowest BCUT2D eigenvalue weighted by Gasteiger charge is -2.23. The largest absolute Gasteiger partial charge is 0.491 e. The van der Waals surface area contributed by atoms with Crippen LogP contribution in [0, 0.1) is 0 Å². The smallest absolute Gasteiger partial charge is 0.286 e. The van der Waals surface area contributed by atoms with E-state index in [1.165, 1.54) is 5.56 Å². The van der Waals surface area contributed by atoms with Crippen LogP contribution in [0.25, 0.3) is 11.1 Å². The van der Waals surface area contributed by atoms with Gasteiger partial charge in [0, 0.05) is 0 Å². The maximum Gasteiger partial charge on any atom is 0.286 e. The van der Waals surface area contributed by atoms with Gasteiger partial charge in [-0.2, -0.15) is 0 Å². The van der Waals surface area contributed by atoms with Crippen LogP contribution < -0.4 is 14.8 Å². The minimum absolute atomic E-state index is 0.0157. The first kappa shape index (κ1) is 26.1. The SMILES string of the molecule is CC(COc1ccc(CC2SC(=O)NC2=O)cc1)N1CC(COc2ccc(-c3ccccc3)cc2)OC1=S. The molecule has 38 heavy (non-hydrogen) atoms. The molecule has 0 radical (unpaired) electrons. The molecule has 5 rings (SSSR count). The van der Waals surface area contributed by atoms with Crippen molar-refractivity contribution < 1.29 is 23.8 Å². The molecule has 2 amide bonds. The van der Waals surface area contributed by atoms with Crippen molar-refractivity contribution in [2.75, 3.05) is 19.8 Å². The fourth-order valence-electron chi connectivity index (χ4n) is 4.32. The Hall–Kier alpha value is -3.56. The lowest BCUT2D eigenvalue weighted by Crippen LogP contribution is -2.38. The van der Waals surface area contributed by atoms with Gasteiger partial charge in [0.2, 0.25) is 5.91 Å². The van der Waals surface area contributed by atoms with Crippen LogP contribution in [0.3, 0.4) is 0 Å². The van der Waals surface area contributed by atoms with Gasteiger partial charge in [-0.25, -0.2) is 0 Å². The average molecular weight is 549 g/mol. The maximum atomic E-state index is 11.8. The summed E-state index contributed by atoms with van der Waals surface area (Å²) in [6.45, 7) is 3.51. The Morgan fingerprint density at radius 3 is 2.32 bits per heavy atom. The highest BCUT2D eigenvalue weighted by atomic mass is 32.2. The number of nitrogens with zero attached hydrogens (tertiary/aromatic N) is 1. The zero-order valence-corrected chi connectivity index (χ0v) is 22.5. The third-order valence-corrected chi connectivity index (χ3v) is 7.75. The van der Waals surface area contributed by atoms with E-state index in [9.17, 15) is 9.59 Å². The molecule has 3 aromatic rings. The van der Waals surface area contributed by atoms with Gasteiger partial charge in [0.1, 0.15) is 24.7 Å². The topological polar surface area (TPSA) is 77.1 Å². The minimum atomic E-state index is -0.379. The van der Waals surface area contributed by atoms with Crippen molar-refractivity contribution in [2.24, 2.45) is 0 Å². The number of thioether (sulfide) groups is 1. The van der Waals surface area contributed by atoms with Crippen LogP contribution in [0.5, 0.6) is 11.5 Å². The van der Waals surface area contributed by atoms with Crippen molar-refractivity contribution in [1.29, 1.82) is 0 Å². The van der Waals surface area contributed by atoms with Crippen LogP contribution in [0.2, 0.25) is 0 Å². The van der Waals surface area contributed by atoms with Gasteiger partial charge in [-0.3, -0.25) is 14.9 Å². The molecule has 0 aliphatic carbocycles. The second kappa shape index (κ2) is 11.9. The van der Waals surface area contributed by atoms with Crippen LogP contribution in [0.4, 0.5) is 4.79 Å². The Kier molecular flexibility index (Phi) is 8.14. The average Bonchev–Trinajstić information content (AvgIpc) is 3.47. The van der Waals surface area contributed by atoms with Gasteiger partial charge in [0.15, 0.2) is 6.10 Å². The zero-order chi connectivity index (χ0) is 26.5. The number of benzene rings is 3. The summed E-state index contributed by atoms with van der Waals surface area (Å²) in [5.41, 5.74) is 3.28. The van der Waals surface area contributed by atoms with E-state index in [0.29, 0.717) is 31.4 Å². The molecule has 0 aromatic heterocycles. The zero-order valence-electron chi connectivity index (χ0n) is 20.9. The number of carbonyl (C=O) groups is 2. The molecule has 3 atom stereocenters. The molecular weight excluding hydrogens is 520 g/mol. The lowest BCUT2D eigenvalue weighted by molar-refractivity contribution is -0.118. The molecule has 1 N–H and O–H groups in total. The highest BCUT2D eigenvalue weighted by molar-refractivity contribution is 8.15. The van der Waals surface area contributed by atoms with Crippen molar-refractivity contribution in [1.82, 2.24) is 10.2 Å². The van der Waals surface area contributed by atoms with Gasteiger partial charge >= 0.3 is 0 Å². The second-order valence-electron chi connectivity index (χ2n) is 9.25. The summed E-state index contributed by atoms with van der Waals surface area (Å²) in [7, 11) is 0. The van der Waals surface area contributed by atoms with Crippen LogP contribution in [0.15, 0.2) is 78.9 Å². The number of hydrogen-bond acceptors (Lipinski definition) is 7. The minimum Gasteiger partial charge on any atom is -0.491 e. The first-order valence-corrected chi connectivity index (χ1v) is 13.7. The number of thiocarbonyl (C=S) groups is 1. The molecule has 7 nitrogen and oxygen atoms in total. The van der Waals surface area contributed by atoms with E-state index in [0.717, 1.165) is 34.4 Å². The standard InChI is InChI=1S/C29H28N2O5S2/c1-19(17-34-23-11-7-20(8-12-23)15-26-27(32)30-28(33)38-26)31-16-25(36-29(31)37)18-35-24-13-9-22(10-14-24)21-5-3-2-4-6-21/h2-14,19,25-26H,15-18H2,1H3,(H,30,32,33). The van der Waals surface area contributed by atoms with Crippen molar-refractivity contribution in [3.05, 3.63) is 84.4 Å². The number of imide groups is 1. The van der Waals surface area contributed by atoms with E-state index in [2.05, 4.69) is 29.6 Å². The van der Waals surface area contributed by atoms with E-state index < -0.39 is 0 Å². The number of nitrogens with one attached hydrogen (secondary N) is 1. The molecule has 3 aromatic carbocycles. The van der Waals surface area contributed by atoms with E-state index in [4.69, 9.17) is 26.4 Å². The summed E-state index contributed by atoms with van der Waals surface area (Å²) in [5, 5.41) is 2.10. The van der Waals surface area contributed by atoms with E-state index >= 15 is 0 Å². The molecule has 2 fully saturated rings. The lowest BCUT2D eigenvalue weighted by atomic mass is 10.1. The van der Waals surface area contributed by atoms with E-state index in [1.54, 1.807) is 0 Å². The van der Waals surface area contributed by atoms with Gasteiger partial charge in [-0.05, 0) is 66.5 Å². The van der Waals surface area contributed by atoms with Gasteiger partial charge in [0.25, 0.3) is 10.4 Å². The highest BCUT2D eigenvalue weighted by Gasteiger charge is 2.33. The molecule has 0 spiro atoms. The monoisotopic (exact) mass is 548 g/mol. The van der Waals surface area contributed by atoms with Gasteiger partial charge < -0.3 is 19.1 Å². The quantitative estimate of drug-likeness (QED) is 0.352. The summed E-state index contributed by atoms with van der Waals surface area (Å²) in [4.78, 5) is 25.1. The fourth-order valence-corrected chi connectivity index (χ4v) is 5.57. The first-order chi connectivity index (χ1) is 18.4. The molecule has 9 heteroatoms. The summed E-state index contributed by atoms with van der Waals surface area (Å²) >= 11 is 6.50. The molecule has 3 unspecified atom stereocenters. The van der Waals surface area contributed by atoms with Gasteiger partial charge in [-0.1, -0.05) is 66.4 Å². The predicted octanol–water partition coefficient (Wildman–Crippen LogP) is 5.08. The highest BCUT2D eigenvalue weighted by Crippen LogP contribution is 2.25. The molecule has 0 bridgehead atoms. The Morgan fingerprint density at radius 1 is 0.974 bits per heavy atom. The van der Waals surface area contributed by atoms with Crippen LogP contribution >= 0.6 is 24.0 Å². The molecule has 2 aliphatic heterocycles. The van der Waals surface area contributed by atoms with Gasteiger partial charge in [-0.15, -0.1) is 0 Å². The Balaban J connectivity index is 1.06. The predicted molar refractivity (Wildman–Crippen MR) is 152 cm³/mol. The number of carbonyl (C=O) groups excluding carboxylic acids is 2. The molecule has 196 valence electrons. The Bertz CT molecular complexity index is 1280. The van der Waals surface area contributed by atoms with Crippen molar-refractivity contribution in [2.45, 2.75) is 30.7 Å². The van der Waals surface area contributed by atoms with Gasteiger partial charge in [0.05, 0.1) is 17.8 Å². The van der Waals surface area contributed by atoms with Crippen molar-refractivity contribution in [3.8, 4) is 22.6 Å². The van der Waals surface area contributed by atoms with Crippen molar-refractivity contribution in [3.63, 3.8) is 0 Å². The normalized spacial score (nSPS) is 19.7. The maximum absolute atomic E-state index is 11.8. The number of amides is 2. The summed E-state index contributed by atoms with van der Waals surface area (Å²) in [5.74, 6) is 1.28. The summed E-state index contributed by atoms with van der Waals surface area (Å²) < 4.78 is 17.8. The molecular formula is C29H28N2O5S2. The summed E-state index contributed by atoms with van der Waals surface area (Å²) in [6, 6.07) is 25.9. The third-order valence-electron chi connectivity index (χ3n) is 6.43. The third kappa shape index (κ3) is 6.46. The number of hydrogen-bond donors (Lipinski definition) is 1. The second-order valence-corrected chi connectivity index (χ2v) is 10.8. The fraction of sp³-hybridized carbons (Fsp3) is 0.276. The van der Waals surface area contributed by atoms with Crippen LogP contribution in [-0.2, 0) is 16.0 Å². The first-order valence-electron chi connectivity index (χ1n) is 12.4. The molecule has 2 saturated heterocycles.